The van der Waals surface area contributed by atoms with Crippen molar-refractivity contribution in [3.05, 3.63) is 26.0 Å². The number of carbonyl (C=O) groups excluding carboxylic acids is 1. The van der Waals surface area contributed by atoms with Crippen molar-refractivity contribution in [3.63, 3.8) is 0 Å². The zero-order chi connectivity index (χ0) is 10.3. The van der Waals surface area contributed by atoms with Gasteiger partial charge in [-0.15, -0.1) is 0 Å². The monoisotopic (exact) mass is 195 g/mol. The molecule has 0 aromatic heterocycles. The van der Waals surface area contributed by atoms with Crippen LogP contribution in [-0.4, -0.2) is 18.6 Å². The Kier molecular flexibility index (Phi) is 1.87. The van der Waals surface area contributed by atoms with E-state index in [1.807, 2.05) is 0 Å². The molecule has 0 aliphatic carbocycles. The molecule has 74 valence electrons. The first-order chi connectivity index (χ1) is 6.61. The molecule has 2 rings (SSSR count). The van der Waals surface area contributed by atoms with Crippen LogP contribution in [0.2, 0.25) is 0 Å². The van der Waals surface area contributed by atoms with Gasteiger partial charge in [-0.05, 0) is 6.92 Å². The molecule has 5 nitrogen and oxygen atoms in total. The number of nitrogens with one attached hydrogen (secondary N) is 1. The van der Waals surface area contributed by atoms with Gasteiger partial charge < -0.3 is 10.1 Å². The number of hydrogen-bond acceptors (Lipinski definition) is 5. The highest BCUT2D eigenvalue weighted by atomic mass is 16.5. The second kappa shape index (κ2) is 2.94. The highest BCUT2D eigenvalue weighted by Crippen LogP contribution is 2.14. The smallest absolute Gasteiger partial charge is 0.328 e. The highest BCUT2D eigenvalue weighted by Gasteiger charge is 2.29. The number of cyclic esters (lactones) is 1. The van der Waals surface area contributed by atoms with Crippen molar-refractivity contribution in [1.29, 1.82) is 0 Å². The van der Waals surface area contributed by atoms with Crippen molar-refractivity contribution in [2.75, 3.05) is 11.9 Å². The van der Waals surface area contributed by atoms with Crippen LogP contribution >= 0.6 is 0 Å². The highest BCUT2D eigenvalue weighted by molar-refractivity contribution is 5.81. The van der Waals surface area contributed by atoms with Crippen LogP contribution in [0.15, 0.2) is 9.59 Å². The summed E-state index contributed by atoms with van der Waals surface area (Å²) in [4.78, 5) is 32.9. The fraction of sp³-hybridized carbons (Fsp3) is 0.444. The molecule has 1 unspecified atom stereocenters. The van der Waals surface area contributed by atoms with Gasteiger partial charge in [0.25, 0.3) is 0 Å². The third kappa shape index (κ3) is 1.13. The number of anilines is 1. The van der Waals surface area contributed by atoms with Gasteiger partial charge in [-0.1, -0.05) is 0 Å². The summed E-state index contributed by atoms with van der Waals surface area (Å²) in [5.41, 5.74) is -0.352. The number of hydrogen-bond donors (Lipinski definition) is 1. The van der Waals surface area contributed by atoms with Gasteiger partial charge in [0.15, 0.2) is 0 Å². The van der Waals surface area contributed by atoms with E-state index >= 15 is 0 Å². The van der Waals surface area contributed by atoms with Gasteiger partial charge in [0.1, 0.15) is 6.04 Å². The Morgan fingerprint density at radius 3 is 2.50 bits per heavy atom. The summed E-state index contributed by atoms with van der Waals surface area (Å²) in [6, 6.07) is -0.475. The lowest BCUT2D eigenvalue weighted by Crippen LogP contribution is -2.40. The van der Waals surface area contributed by atoms with E-state index in [1.165, 1.54) is 0 Å². The van der Waals surface area contributed by atoms with Crippen molar-refractivity contribution in [3.8, 4) is 0 Å². The molecule has 1 saturated heterocycles. The van der Waals surface area contributed by atoms with Crippen LogP contribution < -0.4 is 16.2 Å². The van der Waals surface area contributed by atoms with Gasteiger partial charge in [0.05, 0.1) is 12.3 Å². The minimum Gasteiger partial charge on any atom is -0.464 e. The van der Waals surface area contributed by atoms with Gasteiger partial charge in [-0.2, -0.15) is 0 Å². The molecule has 0 spiro atoms. The molecule has 1 aliphatic rings. The maximum Gasteiger partial charge on any atom is 0.328 e. The van der Waals surface area contributed by atoms with Crippen molar-refractivity contribution in [2.24, 2.45) is 0 Å². The lowest BCUT2D eigenvalue weighted by atomic mass is 10.1. The zero-order valence-electron chi connectivity index (χ0n) is 7.62. The lowest BCUT2D eigenvalue weighted by Gasteiger charge is -2.12. The van der Waals surface area contributed by atoms with E-state index in [-0.39, 0.29) is 11.7 Å². The molecule has 0 saturated carbocycles. The molecule has 1 aromatic rings. The standard InChI is InChI=1S/C9H9NO4/c1-4-6(8(12)7(4)11)10-5-2-3-14-9(5)13/h5,10H,2-3H2,1H3. The molecular formula is C9H9NO4. The third-order valence-corrected chi connectivity index (χ3v) is 2.40. The first-order valence-corrected chi connectivity index (χ1v) is 4.34. The van der Waals surface area contributed by atoms with Crippen LogP contribution in [0, 0.1) is 6.92 Å². The third-order valence-electron chi connectivity index (χ3n) is 2.40. The van der Waals surface area contributed by atoms with Crippen molar-refractivity contribution in [2.45, 2.75) is 19.4 Å². The molecule has 0 bridgehead atoms. The Labute approximate surface area is 79.4 Å². The summed E-state index contributed by atoms with van der Waals surface area (Å²) in [7, 11) is 0. The predicted octanol–water partition coefficient (Wildman–Crippen LogP) is -0.682. The molecular weight excluding hydrogens is 186 g/mol. The molecule has 1 atom stereocenters. The fourth-order valence-electron chi connectivity index (χ4n) is 1.48. The van der Waals surface area contributed by atoms with Gasteiger partial charge in [-0.3, -0.25) is 9.59 Å². The maximum absolute atomic E-state index is 11.0. The average molecular weight is 195 g/mol. The van der Waals surface area contributed by atoms with Crippen molar-refractivity contribution in [1.82, 2.24) is 0 Å². The second-order valence-corrected chi connectivity index (χ2v) is 3.31. The van der Waals surface area contributed by atoms with E-state index < -0.39 is 16.9 Å². The maximum atomic E-state index is 11.0. The topological polar surface area (TPSA) is 72.5 Å². The molecule has 5 heteroatoms. The summed E-state index contributed by atoms with van der Waals surface area (Å²) in [5, 5.41) is 2.73. The summed E-state index contributed by atoms with van der Waals surface area (Å²) in [6.07, 6.45) is 0.539. The molecule has 14 heavy (non-hydrogen) atoms. The quantitative estimate of drug-likeness (QED) is 0.500. The van der Waals surface area contributed by atoms with E-state index in [0.29, 0.717) is 18.6 Å². The number of carbonyl (C=O) groups is 1. The van der Waals surface area contributed by atoms with Crippen LogP contribution in [0.3, 0.4) is 0 Å². The Bertz CT molecular complexity index is 455. The van der Waals surface area contributed by atoms with Crippen LogP contribution in [-0.2, 0) is 9.53 Å². The number of rotatable bonds is 2. The minimum absolute atomic E-state index is 0.263. The minimum atomic E-state index is -0.540. The molecule has 1 N–H and O–H groups in total. The van der Waals surface area contributed by atoms with E-state index in [0.717, 1.165) is 0 Å². The Morgan fingerprint density at radius 2 is 2.00 bits per heavy atom. The van der Waals surface area contributed by atoms with Crippen molar-refractivity contribution < 1.29 is 9.53 Å². The molecule has 0 radical (unpaired) electrons. The average Bonchev–Trinajstić information content (AvgIpc) is 2.59. The Hall–Kier alpha value is -1.65. The zero-order valence-corrected chi connectivity index (χ0v) is 7.62. The Morgan fingerprint density at radius 1 is 1.29 bits per heavy atom. The summed E-state index contributed by atoms with van der Waals surface area (Å²) < 4.78 is 4.71. The largest absolute Gasteiger partial charge is 0.464 e. The predicted molar refractivity (Wildman–Crippen MR) is 49.1 cm³/mol. The number of ether oxygens (including phenoxy) is 1. The van der Waals surface area contributed by atoms with E-state index in [1.54, 1.807) is 6.92 Å². The second-order valence-electron chi connectivity index (χ2n) is 3.31. The van der Waals surface area contributed by atoms with Gasteiger partial charge in [-0.25, -0.2) is 4.79 Å². The molecule has 1 heterocycles. The van der Waals surface area contributed by atoms with E-state index in [2.05, 4.69) is 5.32 Å². The first kappa shape index (κ1) is 8.93. The van der Waals surface area contributed by atoms with Crippen LogP contribution in [0.25, 0.3) is 0 Å². The van der Waals surface area contributed by atoms with Crippen molar-refractivity contribution >= 4 is 11.7 Å². The molecule has 0 amide bonds. The molecule has 1 fully saturated rings. The molecule has 1 aromatic carbocycles. The van der Waals surface area contributed by atoms with Gasteiger partial charge >= 0.3 is 5.97 Å². The summed E-state index contributed by atoms with van der Waals surface area (Å²) >= 11 is 0. The normalized spacial score (nSPS) is 21.2. The summed E-state index contributed by atoms with van der Waals surface area (Å²) in [6.45, 7) is 1.93. The number of esters is 1. The SMILES string of the molecule is Cc1c(NC2CCOC2=O)c(=O)c1=O. The fourth-order valence-corrected chi connectivity index (χ4v) is 1.48. The van der Waals surface area contributed by atoms with E-state index in [4.69, 9.17) is 4.74 Å². The van der Waals surface area contributed by atoms with Gasteiger partial charge in [0, 0.05) is 12.0 Å². The van der Waals surface area contributed by atoms with Crippen LogP contribution in [0.1, 0.15) is 12.0 Å². The van der Waals surface area contributed by atoms with Crippen LogP contribution in [0.4, 0.5) is 5.69 Å². The summed E-state index contributed by atoms with van der Waals surface area (Å²) in [5.74, 6) is -0.363. The van der Waals surface area contributed by atoms with E-state index in [9.17, 15) is 14.4 Å². The lowest BCUT2D eigenvalue weighted by molar-refractivity contribution is -0.138. The Balaban J connectivity index is 2.16. The first-order valence-electron chi connectivity index (χ1n) is 4.34. The van der Waals surface area contributed by atoms with Crippen LogP contribution in [0.5, 0.6) is 0 Å². The van der Waals surface area contributed by atoms with Gasteiger partial charge in [0.2, 0.25) is 10.9 Å². The molecule has 1 aliphatic heterocycles.